The summed E-state index contributed by atoms with van der Waals surface area (Å²) >= 11 is 0. The molecule has 3 N–H and O–H groups in total. The van der Waals surface area contributed by atoms with Gasteiger partial charge >= 0.3 is 0 Å². The first-order valence-corrected chi connectivity index (χ1v) is 6.61. The lowest BCUT2D eigenvalue weighted by Crippen LogP contribution is -2.05. The normalized spacial score (nSPS) is 10.1. The molecule has 0 amide bonds. The van der Waals surface area contributed by atoms with E-state index in [0.29, 0.717) is 36.2 Å². The van der Waals surface area contributed by atoms with Crippen LogP contribution in [0.3, 0.4) is 0 Å². The third-order valence-electron chi connectivity index (χ3n) is 2.86. The Morgan fingerprint density at radius 1 is 1.33 bits per heavy atom. The van der Waals surface area contributed by atoms with Crippen molar-refractivity contribution >= 4 is 17.3 Å². The largest absolute Gasteiger partial charge is 0.384 e. The van der Waals surface area contributed by atoms with Gasteiger partial charge in [-0.25, -0.2) is 9.97 Å². The van der Waals surface area contributed by atoms with Crippen LogP contribution < -0.4 is 11.1 Å². The summed E-state index contributed by atoms with van der Waals surface area (Å²) in [5.74, 6) is 1.47. The second-order valence-corrected chi connectivity index (χ2v) is 4.50. The number of rotatable bonds is 5. The average Bonchev–Trinajstić information content (AvgIpc) is 2.47. The van der Waals surface area contributed by atoms with Crippen LogP contribution in [0.25, 0.3) is 0 Å². The number of ether oxygens (including phenoxy) is 1. The molecule has 108 valence electrons. The first kappa shape index (κ1) is 14.8. The molecule has 0 aliphatic heterocycles. The molecule has 0 atom stereocenters. The van der Waals surface area contributed by atoms with Crippen LogP contribution in [0.2, 0.25) is 0 Å². The predicted octanol–water partition coefficient (Wildman–Crippen LogP) is 2.52. The van der Waals surface area contributed by atoms with Gasteiger partial charge in [-0.3, -0.25) is 0 Å². The van der Waals surface area contributed by atoms with Gasteiger partial charge in [0.2, 0.25) is 0 Å². The fourth-order valence-electron chi connectivity index (χ4n) is 1.80. The van der Waals surface area contributed by atoms with E-state index >= 15 is 0 Å². The average molecular weight is 283 g/mol. The number of anilines is 3. The smallest absolute Gasteiger partial charge is 0.158 e. The summed E-state index contributed by atoms with van der Waals surface area (Å²) in [5, 5.41) is 12.1. The summed E-state index contributed by atoms with van der Waals surface area (Å²) in [6, 6.07) is 9.19. The zero-order valence-electron chi connectivity index (χ0n) is 12.1. The number of nitrogens with two attached hydrogens (primary N) is 1. The number of benzene rings is 1. The highest BCUT2D eigenvalue weighted by atomic mass is 16.5. The van der Waals surface area contributed by atoms with Gasteiger partial charge < -0.3 is 15.8 Å². The molecule has 6 heteroatoms. The van der Waals surface area contributed by atoms with Crippen LogP contribution in [0, 0.1) is 18.3 Å². The molecule has 0 fully saturated rings. The molecular weight excluding hydrogens is 266 g/mol. The summed E-state index contributed by atoms with van der Waals surface area (Å²) in [6.07, 6.45) is 0. The second-order valence-electron chi connectivity index (χ2n) is 4.50. The van der Waals surface area contributed by atoms with Crippen molar-refractivity contribution in [3.05, 3.63) is 41.2 Å². The number of aryl methyl sites for hydroxylation is 1. The van der Waals surface area contributed by atoms with E-state index in [0.717, 1.165) is 11.3 Å². The van der Waals surface area contributed by atoms with Gasteiger partial charge in [0.25, 0.3) is 0 Å². The zero-order valence-corrected chi connectivity index (χ0v) is 12.1. The maximum Gasteiger partial charge on any atom is 0.158 e. The molecule has 21 heavy (non-hydrogen) atoms. The van der Waals surface area contributed by atoms with E-state index in [4.69, 9.17) is 15.7 Å². The molecule has 0 bridgehead atoms. The summed E-state index contributed by atoms with van der Waals surface area (Å²) in [5.41, 5.74) is 8.19. The Bertz CT molecular complexity index is 678. The Morgan fingerprint density at radius 3 is 2.86 bits per heavy atom. The minimum absolute atomic E-state index is 0.313. The standard InChI is InChI=1S/C15H17N5O/c1-3-21-9-15-19-13(17)7-14(20-15)18-12-6-11(8-16)5-4-10(12)2/h4-7H,3,9H2,1-2H3,(H3,17,18,19,20). The highest BCUT2D eigenvalue weighted by molar-refractivity contribution is 5.64. The Kier molecular flexibility index (Phi) is 4.69. The molecule has 0 radical (unpaired) electrons. The molecule has 0 saturated heterocycles. The third-order valence-corrected chi connectivity index (χ3v) is 2.86. The molecular formula is C15H17N5O. The van der Waals surface area contributed by atoms with Crippen molar-refractivity contribution in [2.24, 2.45) is 0 Å². The fourth-order valence-corrected chi connectivity index (χ4v) is 1.80. The first-order valence-electron chi connectivity index (χ1n) is 6.61. The van der Waals surface area contributed by atoms with E-state index in [1.54, 1.807) is 18.2 Å². The van der Waals surface area contributed by atoms with Gasteiger partial charge in [0.1, 0.15) is 18.2 Å². The van der Waals surface area contributed by atoms with Crippen LogP contribution in [-0.2, 0) is 11.3 Å². The van der Waals surface area contributed by atoms with E-state index in [-0.39, 0.29) is 0 Å². The molecule has 0 unspecified atom stereocenters. The summed E-state index contributed by atoms with van der Waals surface area (Å²) in [6.45, 7) is 4.76. The lowest BCUT2D eigenvalue weighted by molar-refractivity contribution is 0.128. The monoisotopic (exact) mass is 283 g/mol. The number of aromatic nitrogens is 2. The minimum Gasteiger partial charge on any atom is -0.384 e. The Labute approximate surface area is 123 Å². The molecule has 0 aliphatic rings. The van der Waals surface area contributed by atoms with Gasteiger partial charge in [-0.1, -0.05) is 6.07 Å². The zero-order chi connectivity index (χ0) is 15.2. The highest BCUT2D eigenvalue weighted by Gasteiger charge is 2.06. The topological polar surface area (TPSA) is 96.9 Å². The van der Waals surface area contributed by atoms with Gasteiger partial charge in [-0.15, -0.1) is 0 Å². The number of nitrogens with one attached hydrogen (secondary N) is 1. The molecule has 6 nitrogen and oxygen atoms in total. The first-order chi connectivity index (χ1) is 10.1. The van der Waals surface area contributed by atoms with Gasteiger partial charge in [-0.2, -0.15) is 5.26 Å². The Balaban J connectivity index is 2.27. The van der Waals surface area contributed by atoms with Crippen molar-refractivity contribution in [3.63, 3.8) is 0 Å². The lowest BCUT2D eigenvalue weighted by atomic mass is 10.1. The summed E-state index contributed by atoms with van der Waals surface area (Å²) in [7, 11) is 0. The number of nitriles is 1. The molecule has 2 rings (SSSR count). The van der Waals surface area contributed by atoms with Crippen molar-refractivity contribution in [1.82, 2.24) is 9.97 Å². The van der Waals surface area contributed by atoms with Crippen LogP contribution in [-0.4, -0.2) is 16.6 Å². The van der Waals surface area contributed by atoms with Crippen LogP contribution in [0.15, 0.2) is 24.3 Å². The number of hydrogen-bond acceptors (Lipinski definition) is 6. The van der Waals surface area contributed by atoms with Crippen molar-refractivity contribution in [2.45, 2.75) is 20.5 Å². The second kappa shape index (κ2) is 6.68. The molecule has 1 aromatic carbocycles. The lowest BCUT2D eigenvalue weighted by Gasteiger charge is -2.11. The van der Waals surface area contributed by atoms with Crippen LogP contribution in [0.4, 0.5) is 17.3 Å². The Hall–Kier alpha value is -2.65. The van der Waals surface area contributed by atoms with Crippen molar-refractivity contribution in [2.75, 3.05) is 17.7 Å². The van der Waals surface area contributed by atoms with Crippen LogP contribution >= 0.6 is 0 Å². The molecule has 1 heterocycles. The van der Waals surface area contributed by atoms with Gasteiger partial charge in [0, 0.05) is 18.4 Å². The molecule has 0 spiro atoms. The third kappa shape index (κ3) is 3.91. The van der Waals surface area contributed by atoms with Crippen molar-refractivity contribution in [3.8, 4) is 6.07 Å². The SMILES string of the molecule is CCOCc1nc(N)cc(Nc2cc(C#N)ccc2C)n1. The van der Waals surface area contributed by atoms with Crippen LogP contribution in [0.1, 0.15) is 23.9 Å². The van der Waals surface area contributed by atoms with E-state index < -0.39 is 0 Å². The van der Waals surface area contributed by atoms with Gasteiger partial charge in [0.15, 0.2) is 5.82 Å². The molecule has 0 saturated carbocycles. The number of nitrogen functional groups attached to an aromatic ring is 1. The number of hydrogen-bond donors (Lipinski definition) is 2. The maximum atomic E-state index is 8.96. The Morgan fingerprint density at radius 2 is 2.14 bits per heavy atom. The highest BCUT2D eigenvalue weighted by Crippen LogP contribution is 2.21. The summed E-state index contributed by atoms with van der Waals surface area (Å²) in [4.78, 5) is 8.47. The van der Waals surface area contributed by atoms with E-state index in [9.17, 15) is 0 Å². The van der Waals surface area contributed by atoms with Gasteiger partial charge in [-0.05, 0) is 31.5 Å². The van der Waals surface area contributed by atoms with E-state index in [2.05, 4.69) is 21.4 Å². The van der Waals surface area contributed by atoms with Crippen LogP contribution in [0.5, 0.6) is 0 Å². The van der Waals surface area contributed by atoms with E-state index in [1.165, 1.54) is 0 Å². The molecule has 2 aromatic rings. The maximum absolute atomic E-state index is 8.96. The quantitative estimate of drug-likeness (QED) is 0.875. The van der Waals surface area contributed by atoms with E-state index in [1.807, 2.05) is 19.9 Å². The fraction of sp³-hybridized carbons (Fsp3) is 0.267. The predicted molar refractivity (Wildman–Crippen MR) is 81.0 cm³/mol. The molecule has 0 aliphatic carbocycles. The van der Waals surface area contributed by atoms with Crippen molar-refractivity contribution in [1.29, 1.82) is 5.26 Å². The molecule has 1 aromatic heterocycles. The summed E-state index contributed by atoms with van der Waals surface area (Å²) < 4.78 is 5.29. The van der Waals surface area contributed by atoms with Gasteiger partial charge in [0.05, 0.1) is 11.6 Å². The number of nitrogens with zero attached hydrogens (tertiary/aromatic N) is 3. The van der Waals surface area contributed by atoms with Crippen molar-refractivity contribution < 1.29 is 4.74 Å². The minimum atomic E-state index is 0.313.